The maximum absolute atomic E-state index is 11.8. The van der Waals surface area contributed by atoms with Gasteiger partial charge in [-0.05, 0) is 12.8 Å². The third-order valence-corrected chi connectivity index (χ3v) is 2.72. The average molecular weight is 224 g/mol. The van der Waals surface area contributed by atoms with Crippen LogP contribution in [0.15, 0.2) is 0 Å². The molecule has 16 heavy (non-hydrogen) atoms. The molecule has 1 unspecified atom stereocenters. The highest BCUT2D eigenvalue weighted by Crippen LogP contribution is 2.08. The number of terminal acetylenes is 1. The van der Waals surface area contributed by atoms with Gasteiger partial charge in [0, 0.05) is 32.5 Å². The van der Waals surface area contributed by atoms with Crippen molar-refractivity contribution in [2.75, 3.05) is 26.2 Å². The summed E-state index contributed by atoms with van der Waals surface area (Å²) in [6.45, 7) is 2.38. The Morgan fingerprint density at radius 3 is 3.06 bits per heavy atom. The Kier molecular flexibility index (Phi) is 5.91. The van der Waals surface area contributed by atoms with Gasteiger partial charge in [0.25, 0.3) is 0 Å². The zero-order chi connectivity index (χ0) is 11.8. The molecule has 1 saturated heterocycles. The molecule has 0 saturated carbocycles. The van der Waals surface area contributed by atoms with Crippen molar-refractivity contribution in [2.24, 2.45) is 5.73 Å². The summed E-state index contributed by atoms with van der Waals surface area (Å²) in [5.41, 5.74) is 5.52. The van der Waals surface area contributed by atoms with Crippen molar-refractivity contribution in [2.45, 2.75) is 31.8 Å². The maximum atomic E-state index is 11.8. The van der Waals surface area contributed by atoms with Gasteiger partial charge in [-0.1, -0.05) is 0 Å². The van der Waals surface area contributed by atoms with Crippen molar-refractivity contribution in [3.8, 4) is 12.3 Å². The number of rotatable bonds is 5. The van der Waals surface area contributed by atoms with E-state index in [0.29, 0.717) is 32.7 Å². The van der Waals surface area contributed by atoms with Crippen LogP contribution in [0.1, 0.15) is 25.7 Å². The summed E-state index contributed by atoms with van der Waals surface area (Å²) in [4.78, 5) is 13.6. The second kappa shape index (κ2) is 7.26. The molecular formula is C12H20N2O2. The van der Waals surface area contributed by atoms with Crippen LogP contribution in [0.2, 0.25) is 0 Å². The molecule has 1 amide bonds. The van der Waals surface area contributed by atoms with Crippen LogP contribution in [0.3, 0.4) is 0 Å². The first kappa shape index (κ1) is 13.0. The number of hydrogen-bond donors (Lipinski definition) is 1. The molecule has 1 atom stereocenters. The molecule has 0 bridgehead atoms. The van der Waals surface area contributed by atoms with E-state index >= 15 is 0 Å². The van der Waals surface area contributed by atoms with Gasteiger partial charge in [-0.15, -0.1) is 12.3 Å². The van der Waals surface area contributed by atoms with Gasteiger partial charge in [-0.3, -0.25) is 4.79 Å². The quantitative estimate of drug-likeness (QED) is 0.542. The third kappa shape index (κ3) is 4.21. The molecule has 90 valence electrons. The maximum Gasteiger partial charge on any atom is 0.222 e. The van der Waals surface area contributed by atoms with Gasteiger partial charge in [-0.2, -0.15) is 0 Å². The summed E-state index contributed by atoms with van der Waals surface area (Å²) in [6, 6.07) is 0. The summed E-state index contributed by atoms with van der Waals surface area (Å²) in [5.74, 6) is 2.77. The van der Waals surface area contributed by atoms with Crippen LogP contribution in [0.25, 0.3) is 0 Å². The van der Waals surface area contributed by atoms with Gasteiger partial charge in [0.05, 0.1) is 12.7 Å². The Hall–Kier alpha value is -1.05. The fourth-order valence-corrected chi connectivity index (χ4v) is 1.75. The van der Waals surface area contributed by atoms with E-state index in [1.807, 2.05) is 4.90 Å². The highest BCUT2D eigenvalue weighted by Gasteiger charge is 2.22. The van der Waals surface area contributed by atoms with E-state index in [0.717, 1.165) is 19.3 Å². The van der Waals surface area contributed by atoms with Crippen LogP contribution in [-0.4, -0.2) is 43.2 Å². The molecule has 0 aliphatic carbocycles. The molecule has 1 heterocycles. The third-order valence-electron chi connectivity index (χ3n) is 2.72. The number of unbranched alkanes of at least 4 members (excludes halogenated alkanes) is 2. The lowest BCUT2D eigenvalue weighted by Crippen LogP contribution is -2.48. The summed E-state index contributed by atoms with van der Waals surface area (Å²) in [6.07, 6.45) is 8.28. The predicted molar refractivity (Wildman–Crippen MR) is 62.7 cm³/mol. The number of hydrogen-bond acceptors (Lipinski definition) is 3. The number of nitrogens with two attached hydrogens (primary N) is 1. The van der Waals surface area contributed by atoms with Gasteiger partial charge >= 0.3 is 0 Å². The van der Waals surface area contributed by atoms with Crippen LogP contribution >= 0.6 is 0 Å². The van der Waals surface area contributed by atoms with Crippen LogP contribution in [0, 0.1) is 12.3 Å². The number of carbonyl (C=O) groups is 1. The second-order valence-electron chi connectivity index (χ2n) is 3.98. The minimum absolute atomic E-state index is 0.00316. The van der Waals surface area contributed by atoms with E-state index < -0.39 is 0 Å². The minimum Gasteiger partial charge on any atom is -0.373 e. The van der Waals surface area contributed by atoms with Gasteiger partial charge < -0.3 is 15.4 Å². The summed E-state index contributed by atoms with van der Waals surface area (Å²) < 4.78 is 5.41. The van der Waals surface area contributed by atoms with Gasteiger partial charge in [0.1, 0.15) is 0 Å². The normalized spacial score (nSPS) is 20.5. The van der Waals surface area contributed by atoms with Gasteiger partial charge in [-0.25, -0.2) is 0 Å². The standard InChI is InChI=1S/C12H20N2O2/c1-2-3-4-5-6-12(15)14-7-8-16-11(9-13)10-14/h1,11H,3-10,13H2. The van der Waals surface area contributed by atoms with Crippen molar-refractivity contribution >= 4 is 5.91 Å². The Balaban J connectivity index is 2.22. The summed E-state index contributed by atoms with van der Waals surface area (Å²) >= 11 is 0. The lowest BCUT2D eigenvalue weighted by Gasteiger charge is -2.32. The Bertz CT molecular complexity index is 260. The van der Waals surface area contributed by atoms with Crippen LogP contribution < -0.4 is 5.73 Å². The fraction of sp³-hybridized carbons (Fsp3) is 0.750. The summed E-state index contributed by atoms with van der Waals surface area (Å²) in [7, 11) is 0. The molecule has 0 spiro atoms. The lowest BCUT2D eigenvalue weighted by atomic mass is 10.1. The molecule has 1 rings (SSSR count). The number of amides is 1. The molecule has 2 N–H and O–H groups in total. The number of carbonyl (C=O) groups excluding carboxylic acids is 1. The van der Waals surface area contributed by atoms with E-state index in [9.17, 15) is 4.79 Å². The molecule has 0 aromatic rings. The van der Waals surface area contributed by atoms with E-state index in [4.69, 9.17) is 16.9 Å². The topological polar surface area (TPSA) is 55.6 Å². The van der Waals surface area contributed by atoms with Crippen LogP contribution in [0.4, 0.5) is 0 Å². The largest absolute Gasteiger partial charge is 0.373 e. The zero-order valence-corrected chi connectivity index (χ0v) is 9.65. The van der Waals surface area contributed by atoms with Crippen LogP contribution in [0.5, 0.6) is 0 Å². The lowest BCUT2D eigenvalue weighted by molar-refractivity contribution is -0.138. The van der Waals surface area contributed by atoms with Crippen molar-refractivity contribution in [3.05, 3.63) is 0 Å². The fourth-order valence-electron chi connectivity index (χ4n) is 1.75. The first-order chi connectivity index (χ1) is 7.77. The molecule has 0 aromatic carbocycles. The zero-order valence-electron chi connectivity index (χ0n) is 9.65. The SMILES string of the molecule is C#CCCCCC(=O)N1CCOC(CN)C1. The second-order valence-corrected chi connectivity index (χ2v) is 3.98. The predicted octanol–water partition coefficient (Wildman–Crippen LogP) is 0.366. The molecule has 0 aromatic heterocycles. The number of nitrogens with zero attached hydrogens (tertiary/aromatic N) is 1. The first-order valence-corrected chi connectivity index (χ1v) is 5.81. The van der Waals surface area contributed by atoms with Crippen molar-refractivity contribution in [3.63, 3.8) is 0 Å². The Morgan fingerprint density at radius 2 is 2.38 bits per heavy atom. The van der Waals surface area contributed by atoms with E-state index in [1.165, 1.54) is 0 Å². The Labute approximate surface area is 97.1 Å². The van der Waals surface area contributed by atoms with E-state index in [-0.39, 0.29) is 12.0 Å². The number of ether oxygens (including phenoxy) is 1. The van der Waals surface area contributed by atoms with Crippen molar-refractivity contribution < 1.29 is 9.53 Å². The molecule has 1 aliphatic heterocycles. The average Bonchev–Trinajstić information content (AvgIpc) is 2.34. The Morgan fingerprint density at radius 1 is 1.56 bits per heavy atom. The highest BCUT2D eigenvalue weighted by atomic mass is 16.5. The molecule has 1 aliphatic rings. The van der Waals surface area contributed by atoms with E-state index in [2.05, 4.69) is 5.92 Å². The first-order valence-electron chi connectivity index (χ1n) is 5.81. The van der Waals surface area contributed by atoms with E-state index in [1.54, 1.807) is 0 Å². The summed E-state index contributed by atoms with van der Waals surface area (Å²) in [5, 5.41) is 0. The molecule has 1 fully saturated rings. The highest BCUT2D eigenvalue weighted by molar-refractivity contribution is 5.76. The number of morpholine rings is 1. The van der Waals surface area contributed by atoms with Crippen LogP contribution in [-0.2, 0) is 9.53 Å². The monoisotopic (exact) mass is 224 g/mol. The van der Waals surface area contributed by atoms with Gasteiger partial charge in [0.2, 0.25) is 5.91 Å². The smallest absolute Gasteiger partial charge is 0.222 e. The van der Waals surface area contributed by atoms with Crippen molar-refractivity contribution in [1.29, 1.82) is 0 Å². The van der Waals surface area contributed by atoms with Crippen molar-refractivity contribution in [1.82, 2.24) is 4.90 Å². The molecule has 4 nitrogen and oxygen atoms in total. The molecule has 0 radical (unpaired) electrons. The minimum atomic E-state index is 0.00316. The van der Waals surface area contributed by atoms with Gasteiger partial charge in [0.15, 0.2) is 0 Å². The molecular weight excluding hydrogens is 204 g/mol. The molecule has 4 heteroatoms.